The van der Waals surface area contributed by atoms with Crippen molar-refractivity contribution in [3.8, 4) is 0 Å². The summed E-state index contributed by atoms with van der Waals surface area (Å²) in [6.07, 6.45) is 65.0. The van der Waals surface area contributed by atoms with Crippen molar-refractivity contribution in [1.82, 2.24) is 0 Å². The predicted molar refractivity (Wildman–Crippen MR) is 298 cm³/mol. The average Bonchev–Trinajstić information content (AvgIpc) is 3.32. The van der Waals surface area contributed by atoms with Crippen LogP contribution in [0.15, 0.2) is 48.6 Å². The molecule has 0 heterocycles. The maximum Gasteiger partial charge on any atom is 0.472 e. The fraction of sp³-hybridized carbons (Fsp3) is 0.833. The van der Waals surface area contributed by atoms with Crippen molar-refractivity contribution in [2.24, 2.45) is 0 Å². The second kappa shape index (κ2) is 51.9. The van der Waals surface area contributed by atoms with Crippen LogP contribution in [-0.2, 0) is 32.7 Å². The monoisotopic (exact) mass is 1010 g/mol. The lowest BCUT2D eigenvalue weighted by Crippen LogP contribution is -2.37. The zero-order valence-corrected chi connectivity index (χ0v) is 47.4. The molecule has 0 fully saturated rings. The molecule has 0 aromatic carbocycles. The molecule has 0 aliphatic heterocycles. The van der Waals surface area contributed by atoms with Crippen LogP contribution in [0.3, 0.4) is 0 Å². The topological polar surface area (TPSA) is 108 Å². The van der Waals surface area contributed by atoms with Crippen molar-refractivity contribution in [3.05, 3.63) is 48.6 Å². The van der Waals surface area contributed by atoms with Crippen LogP contribution >= 0.6 is 7.82 Å². The van der Waals surface area contributed by atoms with Gasteiger partial charge in [0.05, 0.1) is 27.7 Å². The first kappa shape index (κ1) is 68.0. The van der Waals surface area contributed by atoms with Gasteiger partial charge in [-0.25, -0.2) is 4.57 Å². The first-order valence-electron chi connectivity index (χ1n) is 29.4. The molecular weight excluding hydrogens is 894 g/mol. The van der Waals surface area contributed by atoms with Crippen molar-refractivity contribution >= 4 is 19.8 Å². The van der Waals surface area contributed by atoms with E-state index < -0.39 is 26.5 Å². The van der Waals surface area contributed by atoms with Gasteiger partial charge in [0.2, 0.25) is 0 Å². The summed E-state index contributed by atoms with van der Waals surface area (Å²) in [6, 6.07) is 0. The Kier molecular flexibility index (Phi) is 50.4. The maximum atomic E-state index is 12.7. The van der Waals surface area contributed by atoms with E-state index in [1.807, 2.05) is 21.1 Å². The van der Waals surface area contributed by atoms with Gasteiger partial charge in [-0.1, -0.05) is 236 Å². The number of allylic oxidation sites excluding steroid dienone is 8. The third-order valence-corrected chi connectivity index (χ3v) is 13.8. The molecule has 0 aliphatic rings. The van der Waals surface area contributed by atoms with Crippen LogP contribution in [-0.4, -0.2) is 74.9 Å². The van der Waals surface area contributed by atoms with E-state index >= 15 is 0 Å². The molecule has 1 N–H and O–H groups in total. The Morgan fingerprint density at radius 1 is 0.457 bits per heavy atom. The van der Waals surface area contributed by atoms with Gasteiger partial charge in [0.15, 0.2) is 6.10 Å². The van der Waals surface area contributed by atoms with E-state index in [0.29, 0.717) is 17.4 Å². The van der Waals surface area contributed by atoms with Crippen LogP contribution in [0.5, 0.6) is 0 Å². The number of carbonyl (C=O) groups is 2. The number of hydrogen-bond acceptors (Lipinski definition) is 7. The molecule has 9 nitrogen and oxygen atoms in total. The third-order valence-electron chi connectivity index (χ3n) is 12.8. The Balaban J connectivity index is 3.96. The highest BCUT2D eigenvalue weighted by molar-refractivity contribution is 7.47. The summed E-state index contributed by atoms with van der Waals surface area (Å²) in [5.74, 6) is -0.824. The van der Waals surface area contributed by atoms with E-state index in [0.717, 1.165) is 57.8 Å². The number of ether oxygens (including phenoxy) is 2. The molecule has 0 rings (SSSR count). The SMILES string of the molecule is CC/C=C\C/C=C\C/C=C\CCCCCC(=O)OC(COC(=O)CCCCCCCCCCCCCCCCCCCCCCC/C=C\CCCCCCCCCC)COP(=O)(O)OCC[N+](C)(C)C. The van der Waals surface area contributed by atoms with Gasteiger partial charge in [0, 0.05) is 12.8 Å². The molecular formula is C60H113NO8P+. The molecule has 410 valence electrons. The molecule has 10 heteroatoms. The minimum Gasteiger partial charge on any atom is -0.462 e. The summed E-state index contributed by atoms with van der Waals surface area (Å²) < 4.78 is 34.4. The van der Waals surface area contributed by atoms with E-state index in [1.165, 1.54) is 180 Å². The van der Waals surface area contributed by atoms with E-state index in [9.17, 15) is 19.0 Å². The number of rotatable bonds is 54. The van der Waals surface area contributed by atoms with Gasteiger partial charge in [-0.05, 0) is 70.6 Å². The van der Waals surface area contributed by atoms with Gasteiger partial charge in [-0.15, -0.1) is 0 Å². The second-order valence-corrected chi connectivity index (χ2v) is 22.5. The highest BCUT2D eigenvalue weighted by atomic mass is 31.2. The molecule has 0 aromatic rings. The first-order chi connectivity index (χ1) is 34.0. The van der Waals surface area contributed by atoms with Gasteiger partial charge >= 0.3 is 19.8 Å². The summed E-state index contributed by atoms with van der Waals surface area (Å²) in [6.45, 7) is 4.30. The largest absolute Gasteiger partial charge is 0.472 e. The number of phosphoric ester groups is 1. The summed E-state index contributed by atoms with van der Waals surface area (Å²) in [5, 5.41) is 0. The lowest BCUT2D eigenvalue weighted by atomic mass is 10.0. The van der Waals surface area contributed by atoms with Gasteiger partial charge in [0.1, 0.15) is 19.8 Å². The number of phosphoric acid groups is 1. The molecule has 0 aliphatic carbocycles. The van der Waals surface area contributed by atoms with Crippen molar-refractivity contribution < 1.29 is 42.1 Å². The number of hydrogen-bond donors (Lipinski definition) is 1. The summed E-state index contributed by atoms with van der Waals surface area (Å²) in [4.78, 5) is 35.5. The van der Waals surface area contributed by atoms with Crippen molar-refractivity contribution in [2.75, 3.05) is 47.5 Å². The zero-order chi connectivity index (χ0) is 51.3. The van der Waals surface area contributed by atoms with Crippen LogP contribution < -0.4 is 0 Å². The van der Waals surface area contributed by atoms with Crippen molar-refractivity contribution in [1.29, 1.82) is 0 Å². The maximum absolute atomic E-state index is 12.7. The Morgan fingerprint density at radius 3 is 1.24 bits per heavy atom. The molecule has 0 amide bonds. The normalized spacial score (nSPS) is 13.6. The van der Waals surface area contributed by atoms with Crippen LogP contribution in [0.4, 0.5) is 0 Å². The molecule has 2 unspecified atom stereocenters. The van der Waals surface area contributed by atoms with Gasteiger partial charge in [-0.2, -0.15) is 0 Å². The number of likely N-dealkylation sites (N-methyl/N-ethyl adjacent to an activating group) is 1. The van der Waals surface area contributed by atoms with E-state index in [-0.39, 0.29) is 32.0 Å². The van der Waals surface area contributed by atoms with Crippen molar-refractivity contribution in [3.63, 3.8) is 0 Å². The third kappa shape index (κ3) is 55.3. The summed E-state index contributed by atoms with van der Waals surface area (Å²) in [7, 11) is 1.46. The number of unbranched alkanes of at least 4 members (excludes halogenated alkanes) is 32. The molecule has 0 aromatic heterocycles. The number of quaternary nitrogens is 1. The minimum atomic E-state index is -4.39. The number of nitrogens with zero attached hydrogens (tertiary/aromatic N) is 1. The standard InChI is InChI=1S/C60H112NO8P/c1-6-8-10-12-14-16-18-20-21-22-23-24-25-26-27-28-29-30-31-32-33-34-35-36-37-38-39-41-42-44-46-48-50-52-59(62)66-56-58(57-68-70(64,65)67-55-54-61(3,4)5)69-60(63)53-51-49-47-45-43-40-19-17-15-13-11-9-7-2/h9,11,15,17,22-23,40,43,58H,6-8,10,12-14,16,18-21,24-39,41-42,44-57H2,1-5H3/p+1/b11-9-,17-15-,23-22-,43-40-. The molecule has 70 heavy (non-hydrogen) atoms. The number of esters is 2. The Labute approximate surface area is 433 Å². The molecule has 0 spiro atoms. The average molecular weight is 1010 g/mol. The van der Waals surface area contributed by atoms with Gasteiger partial charge in [0.25, 0.3) is 0 Å². The Hall–Kier alpha value is -2.03. The van der Waals surface area contributed by atoms with E-state index in [4.69, 9.17) is 18.5 Å². The van der Waals surface area contributed by atoms with Crippen LogP contribution in [0, 0.1) is 0 Å². The Bertz CT molecular complexity index is 1320. The minimum absolute atomic E-state index is 0.0259. The fourth-order valence-corrected chi connectivity index (χ4v) is 9.06. The lowest BCUT2D eigenvalue weighted by Gasteiger charge is -2.24. The summed E-state index contributed by atoms with van der Waals surface area (Å²) >= 11 is 0. The van der Waals surface area contributed by atoms with Crippen LogP contribution in [0.25, 0.3) is 0 Å². The molecule has 0 bridgehead atoms. The van der Waals surface area contributed by atoms with Crippen molar-refractivity contribution in [2.45, 2.75) is 277 Å². The van der Waals surface area contributed by atoms with E-state index in [2.05, 4.69) is 62.5 Å². The molecule has 0 radical (unpaired) electrons. The molecule has 0 saturated carbocycles. The predicted octanol–water partition coefficient (Wildman–Crippen LogP) is 18.1. The highest BCUT2D eigenvalue weighted by Crippen LogP contribution is 2.43. The molecule has 0 saturated heterocycles. The Morgan fingerprint density at radius 2 is 0.814 bits per heavy atom. The lowest BCUT2D eigenvalue weighted by molar-refractivity contribution is -0.870. The highest BCUT2D eigenvalue weighted by Gasteiger charge is 2.27. The quantitative estimate of drug-likeness (QED) is 0.0211. The second-order valence-electron chi connectivity index (χ2n) is 21.0. The zero-order valence-electron chi connectivity index (χ0n) is 46.5. The van der Waals surface area contributed by atoms with Crippen LogP contribution in [0.1, 0.15) is 271 Å². The summed E-state index contributed by atoms with van der Waals surface area (Å²) in [5.41, 5.74) is 0. The fourth-order valence-electron chi connectivity index (χ4n) is 8.32. The van der Waals surface area contributed by atoms with E-state index in [1.54, 1.807) is 0 Å². The smallest absolute Gasteiger partial charge is 0.462 e. The first-order valence-corrected chi connectivity index (χ1v) is 30.9. The number of carbonyl (C=O) groups excluding carboxylic acids is 2. The molecule has 2 atom stereocenters. The van der Waals surface area contributed by atoms with Gasteiger partial charge in [-0.3, -0.25) is 18.6 Å². The van der Waals surface area contributed by atoms with Crippen LogP contribution in [0.2, 0.25) is 0 Å². The van der Waals surface area contributed by atoms with Gasteiger partial charge < -0.3 is 18.9 Å².